The molecule has 0 spiro atoms. The van der Waals surface area contributed by atoms with Crippen molar-refractivity contribution < 1.29 is 0 Å². The molecule has 0 bridgehead atoms. The molecule has 2 N–H and O–H groups in total. The number of H-pyrrole nitrogens is 1. The lowest BCUT2D eigenvalue weighted by atomic mass is 10.1. The molecule has 2 aromatic heterocycles. The molecular formula is C21H19ClN6O2. The van der Waals surface area contributed by atoms with Gasteiger partial charge in [0.1, 0.15) is 0 Å². The maximum atomic E-state index is 12.6. The molecule has 0 aliphatic rings. The van der Waals surface area contributed by atoms with Crippen LogP contribution in [-0.4, -0.2) is 25.3 Å². The average molecular weight is 423 g/mol. The van der Waals surface area contributed by atoms with Gasteiger partial charge in [0.25, 0.3) is 5.56 Å². The largest absolute Gasteiger partial charge is 0.329 e. The summed E-state index contributed by atoms with van der Waals surface area (Å²) < 4.78 is 3.00. The summed E-state index contributed by atoms with van der Waals surface area (Å²) in [5, 5.41) is 4.79. The lowest BCUT2D eigenvalue weighted by Gasteiger charge is -2.09. The number of hydrogen-bond donors (Lipinski definition) is 2. The van der Waals surface area contributed by atoms with Crippen LogP contribution >= 0.6 is 11.6 Å². The number of aryl methyl sites for hydroxylation is 2. The molecule has 30 heavy (non-hydrogen) atoms. The number of aromatic nitrogens is 4. The molecule has 2 aromatic carbocycles. The monoisotopic (exact) mass is 422 g/mol. The first-order valence-corrected chi connectivity index (χ1v) is 9.60. The molecule has 0 saturated carbocycles. The van der Waals surface area contributed by atoms with Crippen LogP contribution in [0.1, 0.15) is 16.7 Å². The Bertz CT molecular complexity index is 1380. The minimum atomic E-state index is -0.529. The van der Waals surface area contributed by atoms with Gasteiger partial charge in [-0.1, -0.05) is 59.6 Å². The Morgan fingerprint density at radius 3 is 2.77 bits per heavy atom. The van der Waals surface area contributed by atoms with Crippen LogP contribution in [-0.2, 0) is 13.6 Å². The molecule has 152 valence electrons. The molecule has 0 aliphatic carbocycles. The van der Waals surface area contributed by atoms with E-state index in [9.17, 15) is 9.59 Å². The molecule has 0 atom stereocenters. The molecule has 4 rings (SSSR count). The van der Waals surface area contributed by atoms with Gasteiger partial charge in [-0.05, 0) is 18.6 Å². The Morgan fingerprint density at radius 2 is 2.00 bits per heavy atom. The molecule has 0 saturated heterocycles. The number of imidazole rings is 1. The van der Waals surface area contributed by atoms with Crippen molar-refractivity contribution in [2.24, 2.45) is 12.1 Å². The summed E-state index contributed by atoms with van der Waals surface area (Å²) in [6.45, 7) is 2.38. The van der Waals surface area contributed by atoms with Crippen molar-refractivity contribution in [3.05, 3.63) is 91.1 Å². The van der Waals surface area contributed by atoms with Gasteiger partial charge in [0.05, 0.1) is 12.8 Å². The normalized spacial score (nSPS) is 11.4. The number of benzene rings is 2. The Morgan fingerprint density at radius 1 is 1.20 bits per heavy atom. The summed E-state index contributed by atoms with van der Waals surface area (Å²) in [4.78, 5) is 31.4. The number of anilines is 1. The fraction of sp³-hybridized carbons (Fsp3) is 0.143. The van der Waals surface area contributed by atoms with E-state index in [1.807, 2.05) is 49.4 Å². The number of nitrogens with zero attached hydrogens (tertiary/aromatic N) is 4. The maximum Gasteiger partial charge on any atom is 0.329 e. The van der Waals surface area contributed by atoms with Gasteiger partial charge in [0.2, 0.25) is 5.95 Å². The van der Waals surface area contributed by atoms with E-state index >= 15 is 0 Å². The van der Waals surface area contributed by atoms with E-state index in [1.165, 1.54) is 4.57 Å². The van der Waals surface area contributed by atoms with Crippen LogP contribution in [0.2, 0.25) is 5.02 Å². The maximum absolute atomic E-state index is 12.6. The van der Waals surface area contributed by atoms with Crippen molar-refractivity contribution >= 4 is 34.9 Å². The van der Waals surface area contributed by atoms with Gasteiger partial charge in [-0.25, -0.2) is 10.2 Å². The minimum Gasteiger partial charge on any atom is -0.298 e. The number of nitrogens with one attached hydrogen (secondary N) is 2. The van der Waals surface area contributed by atoms with Gasteiger partial charge in [-0.15, -0.1) is 0 Å². The standard InChI is InChI=1S/C21H19ClN6O2/c1-13-6-5-7-14(10-13)12-28-17-18(27(2)21(30)25-19(17)29)24-20(28)26-23-11-15-8-3-4-9-16(15)22/h3-11H,12H2,1-2H3,(H,24,26)(H,25,29,30)/b23-11+. The molecule has 2 heterocycles. The summed E-state index contributed by atoms with van der Waals surface area (Å²) in [6, 6.07) is 15.2. The zero-order valence-corrected chi connectivity index (χ0v) is 17.1. The zero-order chi connectivity index (χ0) is 21.3. The predicted molar refractivity (Wildman–Crippen MR) is 119 cm³/mol. The third-order valence-corrected chi connectivity index (χ3v) is 5.05. The summed E-state index contributed by atoms with van der Waals surface area (Å²) in [5.74, 6) is 0.335. The molecular weight excluding hydrogens is 404 g/mol. The van der Waals surface area contributed by atoms with Crippen LogP contribution in [0, 0.1) is 6.92 Å². The molecule has 0 radical (unpaired) electrons. The van der Waals surface area contributed by atoms with Crippen molar-refractivity contribution in [3.63, 3.8) is 0 Å². The van der Waals surface area contributed by atoms with E-state index in [-0.39, 0.29) is 11.2 Å². The van der Waals surface area contributed by atoms with E-state index in [1.54, 1.807) is 23.9 Å². The topological polar surface area (TPSA) is 97.1 Å². The predicted octanol–water partition coefficient (Wildman–Crippen LogP) is 2.88. The van der Waals surface area contributed by atoms with Crippen molar-refractivity contribution in [3.8, 4) is 0 Å². The van der Waals surface area contributed by atoms with Gasteiger partial charge >= 0.3 is 5.69 Å². The molecule has 0 fully saturated rings. The second kappa shape index (κ2) is 8.00. The van der Waals surface area contributed by atoms with E-state index < -0.39 is 11.2 Å². The summed E-state index contributed by atoms with van der Waals surface area (Å²) in [5.41, 5.74) is 5.23. The summed E-state index contributed by atoms with van der Waals surface area (Å²) in [7, 11) is 1.56. The highest BCUT2D eigenvalue weighted by atomic mass is 35.5. The third-order valence-electron chi connectivity index (χ3n) is 4.70. The highest BCUT2D eigenvalue weighted by molar-refractivity contribution is 6.33. The van der Waals surface area contributed by atoms with Crippen LogP contribution in [0.3, 0.4) is 0 Å². The Hall–Kier alpha value is -3.65. The summed E-state index contributed by atoms with van der Waals surface area (Å²) in [6.07, 6.45) is 1.57. The van der Waals surface area contributed by atoms with E-state index in [4.69, 9.17) is 11.6 Å². The first-order valence-electron chi connectivity index (χ1n) is 9.23. The van der Waals surface area contributed by atoms with Gasteiger partial charge in [-0.2, -0.15) is 10.1 Å². The first-order chi connectivity index (χ1) is 14.4. The number of aromatic amines is 1. The van der Waals surface area contributed by atoms with Crippen molar-refractivity contribution in [2.75, 3.05) is 5.43 Å². The fourth-order valence-electron chi connectivity index (χ4n) is 3.21. The number of halogens is 1. The van der Waals surface area contributed by atoms with Crippen LogP contribution in [0.15, 0.2) is 63.2 Å². The average Bonchev–Trinajstić information content (AvgIpc) is 3.07. The van der Waals surface area contributed by atoms with E-state index in [0.29, 0.717) is 17.5 Å². The van der Waals surface area contributed by atoms with Gasteiger partial charge < -0.3 is 0 Å². The number of hydrazone groups is 1. The number of fused-ring (bicyclic) bond motifs is 1. The van der Waals surface area contributed by atoms with Crippen molar-refractivity contribution in [1.82, 2.24) is 19.1 Å². The third kappa shape index (κ3) is 3.77. The fourth-order valence-corrected chi connectivity index (χ4v) is 3.39. The molecule has 0 aliphatic heterocycles. The van der Waals surface area contributed by atoms with Crippen LogP contribution in [0.4, 0.5) is 5.95 Å². The smallest absolute Gasteiger partial charge is 0.298 e. The number of hydrogen-bond acceptors (Lipinski definition) is 5. The van der Waals surface area contributed by atoms with Crippen molar-refractivity contribution in [1.29, 1.82) is 0 Å². The Labute approximate surface area is 176 Å². The molecule has 0 amide bonds. The highest BCUT2D eigenvalue weighted by Crippen LogP contribution is 2.19. The number of rotatable bonds is 5. The first kappa shape index (κ1) is 19.7. The van der Waals surface area contributed by atoms with Crippen molar-refractivity contribution in [2.45, 2.75) is 13.5 Å². The lowest BCUT2D eigenvalue weighted by molar-refractivity contribution is 0.808. The van der Waals surface area contributed by atoms with Crippen LogP contribution < -0.4 is 16.7 Å². The SMILES string of the molecule is Cc1cccc(Cn2c(N/N=C/c3ccccc3Cl)nc3c2c(=O)[nH]c(=O)n3C)c1. The summed E-state index contributed by atoms with van der Waals surface area (Å²) >= 11 is 6.16. The van der Waals surface area contributed by atoms with Crippen LogP contribution in [0.5, 0.6) is 0 Å². The highest BCUT2D eigenvalue weighted by Gasteiger charge is 2.17. The van der Waals surface area contributed by atoms with Gasteiger partial charge in [0.15, 0.2) is 11.2 Å². The Balaban J connectivity index is 1.80. The van der Waals surface area contributed by atoms with Crippen LogP contribution in [0.25, 0.3) is 11.2 Å². The molecule has 8 nitrogen and oxygen atoms in total. The van der Waals surface area contributed by atoms with E-state index in [2.05, 4.69) is 20.5 Å². The van der Waals surface area contributed by atoms with Gasteiger partial charge in [-0.3, -0.25) is 18.9 Å². The lowest BCUT2D eigenvalue weighted by Crippen LogP contribution is -2.29. The minimum absolute atomic E-state index is 0.270. The van der Waals surface area contributed by atoms with E-state index in [0.717, 1.165) is 16.7 Å². The molecule has 0 unspecified atom stereocenters. The second-order valence-electron chi connectivity index (χ2n) is 6.89. The van der Waals surface area contributed by atoms with Gasteiger partial charge in [0, 0.05) is 17.6 Å². The zero-order valence-electron chi connectivity index (χ0n) is 16.4. The quantitative estimate of drug-likeness (QED) is 0.381. The Kier molecular flexibility index (Phi) is 5.24. The molecule has 9 heteroatoms. The molecule has 4 aromatic rings. The second-order valence-corrected chi connectivity index (χ2v) is 7.30.